The van der Waals surface area contributed by atoms with Gasteiger partial charge >= 0.3 is 0 Å². The minimum Gasteiger partial charge on any atom is -0.494 e. The van der Waals surface area contributed by atoms with Crippen LogP contribution in [0.3, 0.4) is 0 Å². The molecule has 1 amide bonds. The predicted molar refractivity (Wildman–Crippen MR) is 126 cm³/mol. The fourth-order valence-corrected chi connectivity index (χ4v) is 4.78. The second-order valence-corrected chi connectivity index (χ2v) is 8.82. The molecule has 0 N–H and O–H groups in total. The average molecular weight is 438 g/mol. The van der Waals surface area contributed by atoms with Gasteiger partial charge in [-0.2, -0.15) is 0 Å². The van der Waals surface area contributed by atoms with Crippen LogP contribution >= 0.6 is 11.3 Å². The molecule has 4 rings (SSSR count). The number of anilines is 1. The van der Waals surface area contributed by atoms with Crippen LogP contribution in [0.5, 0.6) is 5.75 Å². The molecule has 0 atom stereocenters. The zero-order valence-corrected chi connectivity index (χ0v) is 19.4. The number of aryl methyl sites for hydroxylation is 2. The Bertz CT molecular complexity index is 1240. The first-order valence-electron chi connectivity index (χ1n) is 10.2. The number of aromatic nitrogens is 3. The maximum absolute atomic E-state index is 13.8. The fraction of sp³-hybridized carbons (Fsp3) is 0.348. The third-order valence-corrected chi connectivity index (χ3v) is 6.50. The highest BCUT2D eigenvalue weighted by Gasteiger charge is 2.26. The standard InChI is InChI=1S/C23H27N5O2S/c1-15-10-11-17(30-5)19-21(15)31-23(25-19)28(14-8-12-26(3)4)22(29)20-16(2)24-18-9-6-7-13-27(18)20/h6-7,9-11,13H,8,12,14H2,1-5H3. The van der Waals surface area contributed by atoms with Gasteiger partial charge in [-0.25, -0.2) is 9.97 Å². The molecule has 0 saturated heterocycles. The van der Waals surface area contributed by atoms with Crippen LogP contribution in [-0.2, 0) is 0 Å². The van der Waals surface area contributed by atoms with E-state index < -0.39 is 0 Å². The number of carbonyl (C=O) groups excluding carboxylic acids is 1. The van der Waals surface area contributed by atoms with Crippen LogP contribution in [0, 0.1) is 13.8 Å². The quantitative estimate of drug-likeness (QED) is 0.434. The Hall–Kier alpha value is -2.97. The largest absolute Gasteiger partial charge is 0.494 e. The Kier molecular flexibility index (Phi) is 5.93. The lowest BCUT2D eigenvalue weighted by Gasteiger charge is -2.21. The third-order valence-electron chi connectivity index (χ3n) is 5.28. The average Bonchev–Trinajstić information content (AvgIpc) is 3.32. The van der Waals surface area contributed by atoms with Crippen LogP contribution in [0.15, 0.2) is 36.5 Å². The molecule has 0 radical (unpaired) electrons. The second-order valence-electron chi connectivity index (χ2n) is 7.85. The number of hydrogen-bond acceptors (Lipinski definition) is 6. The number of amides is 1. The number of thiazole rings is 1. The van der Waals surface area contributed by atoms with E-state index in [1.54, 1.807) is 12.0 Å². The summed E-state index contributed by atoms with van der Waals surface area (Å²) in [6, 6.07) is 9.69. The van der Waals surface area contributed by atoms with E-state index in [9.17, 15) is 4.79 Å². The third kappa shape index (κ3) is 4.00. The lowest BCUT2D eigenvalue weighted by atomic mass is 10.2. The molecule has 162 valence electrons. The molecule has 0 unspecified atom stereocenters. The lowest BCUT2D eigenvalue weighted by Crippen LogP contribution is -2.34. The number of nitrogens with zero attached hydrogens (tertiary/aromatic N) is 5. The van der Waals surface area contributed by atoms with E-state index in [0.29, 0.717) is 23.1 Å². The Balaban J connectivity index is 1.81. The van der Waals surface area contributed by atoms with Gasteiger partial charge in [0.05, 0.1) is 17.5 Å². The first kappa shape index (κ1) is 21.3. The number of ether oxygens (including phenoxy) is 1. The van der Waals surface area contributed by atoms with Crippen molar-refractivity contribution in [3.05, 3.63) is 53.5 Å². The molecule has 0 aliphatic carbocycles. The predicted octanol–water partition coefficient (Wildman–Crippen LogP) is 4.17. The highest BCUT2D eigenvalue weighted by molar-refractivity contribution is 7.22. The molecule has 0 saturated carbocycles. The van der Waals surface area contributed by atoms with Gasteiger partial charge in [0, 0.05) is 12.7 Å². The number of imidazole rings is 1. The van der Waals surface area contributed by atoms with Crippen molar-refractivity contribution in [1.29, 1.82) is 0 Å². The first-order valence-corrected chi connectivity index (χ1v) is 11.1. The summed E-state index contributed by atoms with van der Waals surface area (Å²) in [6.07, 6.45) is 2.71. The van der Waals surface area contributed by atoms with Crippen LogP contribution in [0.4, 0.5) is 5.13 Å². The van der Waals surface area contributed by atoms with Crippen molar-refractivity contribution in [3.63, 3.8) is 0 Å². The van der Waals surface area contributed by atoms with Crippen LogP contribution < -0.4 is 9.64 Å². The topological polar surface area (TPSA) is 63.0 Å². The van der Waals surface area contributed by atoms with Gasteiger partial charge in [-0.05, 0) is 64.7 Å². The van der Waals surface area contributed by atoms with Crippen molar-refractivity contribution in [2.24, 2.45) is 0 Å². The van der Waals surface area contributed by atoms with Gasteiger partial charge in [-0.1, -0.05) is 23.5 Å². The highest BCUT2D eigenvalue weighted by atomic mass is 32.1. The monoisotopic (exact) mass is 437 g/mol. The minimum atomic E-state index is -0.0920. The Morgan fingerprint density at radius 1 is 1.13 bits per heavy atom. The van der Waals surface area contributed by atoms with Gasteiger partial charge < -0.3 is 9.64 Å². The fourth-order valence-electron chi connectivity index (χ4n) is 3.71. The molecular formula is C23H27N5O2S. The number of rotatable bonds is 7. The summed E-state index contributed by atoms with van der Waals surface area (Å²) >= 11 is 1.53. The summed E-state index contributed by atoms with van der Waals surface area (Å²) < 4.78 is 8.41. The summed E-state index contributed by atoms with van der Waals surface area (Å²) in [5, 5.41) is 0.677. The summed E-state index contributed by atoms with van der Waals surface area (Å²) in [4.78, 5) is 27.1. The molecule has 0 aliphatic heterocycles. The van der Waals surface area contributed by atoms with Gasteiger partial charge in [0.2, 0.25) is 0 Å². The van der Waals surface area contributed by atoms with E-state index >= 15 is 0 Å². The molecule has 4 aromatic rings. The zero-order chi connectivity index (χ0) is 22.1. The molecule has 0 spiro atoms. The van der Waals surface area contributed by atoms with Crippen LogP contribution in [0.1, 0.15) is 28.2 Å². The molecule has 0 aliphatic rings. The Morgan fingerprint density at radius 2 is 1.94 bits per heavy atom. The van der Waals surface area contributed by atoms with Gasteiger partial charge in [0.25, 0.3) is 5.91 Å². The molecule has 3 aromatic heterocycles. The van der Waals surface area contributed by atoms with Gasteiger partial charge in [-0.15, -0.1) is 0 Å². The Labute approximate surface area is 185 Å². The molecule has 3 heterocycles. The van der Waals surface area contributed by atoms with E-state index in [1.165, 1.54) is 11.3 Å². The van der Waals surface area contributed by atoms with Crippen LogP contribution in [-0.4, -0.2) is 59.5 Å². The van der Waals surface area contributed by atoms with Crippen molar-refractivity contribution in [1.82, 2.24) is 19.3 Å². The second kappa shape index (κ2) is 8.64. The number of benzene rings is 1. The number of pyridine rings is 1. The molecule has 1 aromatic carbocycles. The van der Waals surface area contributed by atoms with Gasteiger partial charge in [0.1, 0.15) is 22.6 Å². The summed E-state index contributed by atoms with van der Waals surface area (Å²) in [7, 11) is 5.71. The summed E-state index contributed by atoms with van der Waals surface area (Å²) in [5.74, 6) is 0.625. The van der Waals surface area contributed by atoms with Crippen molar-refractivity contribution in [3.8, 4) is 5.75 Å². The smallest absolute Gasteiger partial charge is 0.278 e. The van der Waals surface area contributed by atoms with E-state index in [2.05, 4.69) is 16.8 Å². The Morgan fingerprint density at radius 3 is 2.68 bits per heavy atom. The van der Waals surface area contributed by atoms with E-state index in [-0.39, 0.29) is 5.91 Å². The number of fused-ring (bicyclic) bond motifs is 2. The van der Waals surface area contributed by atoms with Crippen molar-refractivity contribution < 1.29 is 9.53 Å². The summed E-state index contributed by atoms with van der Waals surface area (Å²) in [5.41, 5.74) is 3.96. The summed E-state index contributed by atoms with van der Waals surface area (Å²) in [6.45, 7) is 5.38. The maximum atomic E-state index is 13.8. The number of carbonyl (C=O) groups is 1. The number of methoxy groups -OCH3 is 1. The van der Waals surface area contributed by atoms with E-state index in [1.807, 2.05) is 61.9 Å². The highest BCUT2D eigenvalue weighted by Crippen LogP contribution is 2.37. The molecular weight excluding hydrogens is 410 g/mol. The maximum Gasteiger partial charge on any atom is 0.278 e. The van der Waals surface area contributed by atoms with Crippen LogP contribution in [0.2, 0.25) is 0 Å². The van der Waals surface area contributed by atoms with E-state index in [0.717, 1.165) is 40.1 Å². The molecule has 31 heavy (non-hydrogen) atoms. The SMILES string of the molecule is COc1ccc(C)c2sc(N(CCCN(C)C)C(=O)c3c(C)nc4ccccn34)nc12. The van der Waals surface area contributed by atoms with Crippen molar-refractivity contribution >= 4 is 38.2 Å². The first-order chi connectivity index (χ1) is 14.9. The molecule has 8 heteroatoms. The molecule has 0 bridgehead atoms. The molecule has 7 nitrogen and oxygen atoms in total. The van der Waals surface area contributed by atoms with Crippen molar-refractivity contribution in [2.45, 2.75) is 20.3 Å². The normalized spacial score (nSPS) is 11.5. The van der Waals surface area contributed by atoms with E-state index in [4.69, 9.17) is 9.72 Å². The molecule has 0 fully saturated rings. The van der Waals surface area contributed by atoms with Crippen LogP contribution in [0.25, 0.3) is 15.9 Å². The zero-order valence-electron chi connectivity index (χ0n) is 18.5. The minimum absolute atomic E-state index is 0.0920. The van der Waals surface area contributed by atoms with Gasteiger partial charge in [0.15, 0.2) is 5.13 Å². The van der Waals surface area contributed by atoms with Gasteiger partial charge in [-0.3, -0.25) is 14.1 Å². The number of hydrogen-bond donors (Lipinski definition) is 0. The van der Waals surface area contributed by atoms with Crippen molar-refractivity contribution in [2.75, 3.05) is 39.2 Å². The lowest BCUT2D eigenvalue weighted by molar-refractivity contribution is 0.0979.